The first kappa shape index (κ1) is 20.5. The van der Waals surface area contributed by atoms with Crippen molar-refractivity contribution in [1.82, 2.24) is 4.98 Å². The van der Waals surface area contributed by atoms with Gasteiger partial charge in [0.1, 0.15) is 36.3 Å². The molecule has 1 aliphatic rings. The molecule has 3 heterocycles. The summed E-state index contributed by atoms with van der Waals surface area (Å²) < 4.78 is 11.0. The van der Waals surface area contributed by atoms with Crippen molar-refractivity contribution in [2.24, 2.45) is 0 Å². The Morgan fingerprint density at radius 1 is 1.10 bits per heavy atom. The van der Waals surface area contributed by atoms with Gasteiger partial charge in [-0.05, 0) is 29.3 Å². The van der Waals surface area contributed by atoms with Gasteiger partial charge in [0.05, 0.1) is 22.8 Å². The monoisotopic (exact) mass is 437 g/mol. The Morgan fingerprint density at radius 2 is 1.93 bits per heavy atom. The van der Waals surface area contributed by atoms with Gasteiger partial charge in [0.2, 0.25) is 0 Å². The molecule has 0 saturated carbocycles. The van der Waals surface area contributed by atoms with Gasteiger partial charge in [-0.15, -0.1) is 11.3 Å². The van der Waals surface area contributed by atoms with Crippen LogP contribution in [0.15, 0.2) is 47.2 Å². The van der Waals surface area contributed by atoms with Crippen molar-refractivity contribution in [3.8, 4) is 10.6 Å². The van der Waals surface area contributed by atoms with Crippen LogP contribution < -0.4 is 0 Å². The largest absolute Gasteiger partial charge is 0.463 e. The second-order valence-corrected chi connectivity index (χ2v) is 8.40. The molecule has 154 valence electrons. The number of aromatic nitrogens is 1. The van der Waals surface area contributed by atoms with Gasteiger partial charge in [0, 0.05) is 17.6 Å². The number of nitrogens with zero attached hydrogens (tertiary/aromatic N) is 1. The van der Waals surface area contributed by atoms with E-state index in [0.717, 1.165) is 21.2 Å². The van der Waals surface area contributed by atoms with Gasteiger partial charge in [-0.2, -0.15) is 0 Å². The maximum Gasteiger partial charge on any atom is 0.145 e. The van der Waals surface area contributed by atoms with E-state index in [2.05, 4.69) is 4.98 Å². The normalized spacial score (nSPS) is 27.3. The summed E-state index contributed by atoms with van der Waals surface area (Å²) in [7, 11) is 0. The zero-order chi connectivity index (χ0) is 20.5. The molecule has 0 radical (unpaired) electrons. The minimum absolute atomic E-state index is 0.468. The molecule has 2 aromatic heterocycles. The maximum atomic E-state index is 10.4. The van der Waals surface area contributed by atoms with Gasteiger partial charge in [0.15, 0.2) is 0 Å². The van der Waals surface area contributed by atoms with Crippen LogP contribution in [-0.2, 0) is 11.2 Å². The molecule has 29 heavy (non-hydrogen) atoms. The molecule has 5 atom stereocenters. The number of aliphatic hydroxyl groups excluding tert-OH is 4. The molecule has 1 saturated heterocycles. The third-order valence-corrected chi connectivity index (χ3v) is 6.33. The summed E-state index contributed by atoms with van der Waals surface area (Å²) in [5.74, 6) is 0.745. The van der Waals surface area contributed by atoms with Crippen LogP contribution in [0.2, 0.25) is 5.02 Å². The van der Waals surface area contributed by atoms with Crippen LogP contribution in [-0.4, -0.2) is 56.4 Å². The van der Waals surface area contributed by atoms with Gasteiger partial charge in [-0.1, -0.05) is 23.7 Å². The molecule has 0 aliphatic carbocycles. The first-order chi connectivity index (χ1) is 14.0. The summed E-state index contributed by atoms with van der Waals surface area (Å²) >= 11 is 7.85. The van der Waals surface area contributed by atoms with Crippen molar-refractivity contribution in [3.63, 3.8) is 0 Å². The van der Waals surface area contributed by atoms with Crippen molar-refractivity contribution >= 4 is 22.9 Å². The summed E-state index contributed by atoms with van der Waals surface area (Å²) in [5, 5.41) is 41.1. The van der Waals surface area contributed by atoms with Crippen LogP contribution in [0.4, 0.5) is 0 Å². The van der Waals surface area contributed by atoms with E-state index < -0.39 is 37.1 Å². The van der Waals surface area contributed by atoms with Crippen LogP contribution in [0.1, 0.15) is 22.2 Å². The zero-order valence-electron chi connectivity index (χ0n) is 15.2. The Kier molecular flexibility index (Phi) is 6.03. The fraction of sp³-hybridized carbons (Fsp3) is 0.350. The van der Waals surface area contributed by atoms with Crippen LogP contribution >= 0.6 is 22.9 Å². The smallest absolute Gasteiger partial charge is 0.145 e. The number of rotatable bonds is 5. The first-order valence-corrected chi connectivity index (χ1v) is 10.2. The van der Waals surface area contributed by atoms with E-state index in [-0.39, 0.29) is 0 Å². The Labute approximate surface area is 175 Å². The number of halogens is 1. The lowest BCUT2D eigenvalue weighted by atomic mass is 9.90. The van der Waals surface area contributed by atoms with Crippen molar-refractivity contribution in [2.75, 3.05) is 6.61 Å². The summed E-state index contributed by atoms with van der Waals surface area (Å²) in [6, 6.07) is 8.84. The molecule has 4 rings (SSSR count). The van der Waals surface area contributed by atoms with E-state index in [0.29, 0.717) is 17.0 Å². The average Bonchev–Trinajstić information content (AvgIpc) is 3.40. The molecular weight excluding hydrogens is 418 g/mol. The Morgan fingerprint density at radius 3 is 2.66 bits per heavy atom. The van der Waals surface area contributed by atoms with E-state index in [9.17, 15) is 20.4 Å². The number of benzene rings is 1. The molecule has 0 amide bonds. The molecule has 5 unspecified atom stereocenters. The highest BCUT2D eigenvalue weighted by Gasteiger charge is 2.44. The van der Waals surface area contributed by atoms with Gasteiger partial charge >= 0.3 is 0 Å². The van der Waals surface area contributed by atoms with E-state index in [1.807, 2.05) is 12.1 Å². The highest BCUT2D eigenvalue weighted by Crippen LogP contribution is 2.35. The van der Waals surface area contributed by atoms with E-state index in [4.69, 9.17) is 20.8 Å². The second kappa shape index (κ2) is 8.53. The summed E-state index contributed by atoms with van der Waals surface area (Å²) in [4.78, 5) is 5.33. The number of furan rings is 1. The fourth-order valence-electron chi connectivity index (χ4n) is 3.37. The van der Waals surface area contributed by atoms with Crippen molar-refractivity contribution in [3.05, 3.63) is 63.9 Å². The average molecular weight is 438 g/mol. The molecule has 3 aromatic rings. The Hall–Kier alpha value is -1.78. The van der Waals surface area contributed by atoms with Gasteiger partial charge in [0.25, 0.3) is 0 Å². The van der Waals surface area contributed by atoms with Crippen LogP contribution in [0, 0.1) is 0 Å². The van der Waals surface area contributed by atoms with Crippen LogP contribution in [0.3, 0.4) is 0 Å². The molecule has 4 N–H and O–H groups in total. The van der Waals surface area contributed by atoms with Crippen molar-refractivity contribution in [2.45, 2.75) is 36.9 Å². The van der Waals surface area contributed by atoms with Crippen LogP contribution in [0.25, 0.3) is 10.6 Å². The van der Waals surface area contributed by atoms with Gasteiger partial charge < -0.3 is 29.6 Å². The molecule has 0 spiro atoms. The molecule has 1 aliphatic heterocycles. The third-order valence-electron chi connectivity index (χ3n) is 4.95. The lowest BCUT2D eigenvalue weighted by molar-refractivity contribution is -0.231. The zero-order valence-corrected chi connectivity index (χ0v) is 16.8. The molecule has 9 heteroatoms. The summed E-state index contributed by atoms with van der Waals surface area (Å²) in [6.45, 7) is -0.476. The number of ether oxygens (including phenoxy) is 1. The highest BCUT2D eigenvalue weighted by atomic mass is 35.5. The molecule has 1 fully saturated rings. The predicted octanol–water partition coefficient (Wildman–Crippen LogP) is 2.16. The first-order valence-electron chi connectivity index (χ1n) is 9.05. The quantitative estimate of drug-likeness (QED) is 0.483. The topological polar surface area (TPSA) is 116 Å². The number of thiazole rings is 1. The van der Waals surface area contributed by atoms with Gasteiger partial charge in [-0.25, -0.2) is 4.98 Å². The van der Waals surface area contributed by atoms with E-state index >= 15 is 0 Å². The highest BCUT2D eigenvalue weighted by molar-refractivity contribution is 7.15. The SMILES string of the molecule is OCC1OC(c2ccc(Cl)c(Cc3ncc(-c4ccco4)s3)c2)C(O)C(O)C1O. The number of hydrogen-bond donors (Lipinski definition) is 4. The van der Waals surface area contributed by atoms with Crippen molar-refractivity contribution < 1.29 is 29.6 Å². The Balaban J connectivity index is 1.58. The molecule has 1 aromatic carbocycles. The minimum atomic E-state index is -1.43. The predicted molar refractivity (Wildman–Crippen MR) is 107 cm³/mol. The fourth-order valence-corrected chi connectivity index (χ4v) is 4.47. The number of hydrogen-bond acceptors (Lipinski definition) is 8. The van der Waals surface area contributed by atoms with Crippen LogP contribution in [0.5, 0.6) is 0 Å². The summed E-state index contributed by atoms with van der Waals surface area (Å²) in [5.41, 5.74) is 1.37. The standard InChI is InChI=1S/C20H20ClNO6S/c21-12-4-3-10(20-19(26)18(25)17(24)14(9-23)28-20)6-11(12)7-16-22-8-15(29-16)13-2-1-5-27-13/h1-6,8,14,17-20,23-26H,7,9H2. The lowest BCUT2D eigenvalue weighted by Crippen LogP contribution is -2.55. The maximum absolute atomic E-state index is 10.4. The molecule has 0 bridgehead atoms. The number of aliphatic hydroxyl groups is 4. The van der Waals surface area contributed by atoms with E-state index in [1.54, 1.807) is 30.7 Å². The molecule has 7 nitrogen and oxygen atoms in total. The van der Waals surface area contributed by atoms with Gasteiger partial charge in [-0.3, -0.25) is 0 Å². The lowest BCUT2D eigenvalue weighted by Gasteiger charge is -2.40. The Bertz CT molecular complexity index is 960. The molecular formula is C20H20ClNO6S. The summed E-state index contributed by atoms with van der Waals surface area (Å²) in [6.07, 6.45) is -2.22. The van der Waals surface area contributed by atoms with Crippen molar-refractivity contribution in [1.29, 1.82) is 0 Å². The third kappa shape index (κ3) is 4.10. The minimum Gasteiger partial charge on any atom is -0.463 e. The van der Waals surface area contributed by atoms with E-state index in [1.165, 1.54) is 11.3 Å². The second-order valence-electron chi connectivity index (χ2n) is 6.87.